The molecule has 29 heavy (non-hydrogen) atoms. The van der Waals surface area contributed by atoms with E-state index in [1.807, 2.05) is 5.32 Å². The van der Waals surface area contributed by atoms with Gasteiger partial charge >= 0.3 is 0 Å². The second-order valence-corrected chi connectivity index (χ2v) is 7.63. The second kappa shape index (κ2) is 6.02. The van der Waals surface area contributed by atoms with Crippen LogP contribution >= 0.6 is 0 Å². The van der Waals surface area contributed by atoms with Crippen molar-refractivity contribution in [2.45, 2.75) is 37.4 Å². The predicted molar refractivity (Wildman–Crippen MR) is 90.5 cm³/mol. The molecule has 11 heteroatoms. The molecule has 0 spiro atoms. The number of carbonyl (C=O) groups is 4. The molecule has 3 saturated heterocycles. The van der Waals surface area contributed by atoms with Gasteiger partial charge in [-0.05, 0) is 12.8 Å². The van der Waals surface area contributed by atoms with E-state index in [0.717, 1.165) is 0 Å². The summed E-state index contributed by atoms with van der Waals surface area (Å²) in [5.74, 6) is -8.43. The standard InChI is InChI=1S/C18H15F3N4O4/c19-12-10-11(13(20)15(14(12)21)24-5-6-3-7(24)4-22-6)18(29)25(17(10)28)8-1-2-9(26)23-16(8)27/h6-8,22H,1-5H2,(H,23,26,27). The lowest BCUT2D eigenvalue weighted by molar-refractivity contribution is -0.136. The number of fused-ring (bicyclic) bond motifs is 3. The largest absolute Gasteiger partial charge is 0.361 e. The van der Waals surface area contributed by atoms with Crippen molar-refractivity contribution in [3.05, 3.63) is 28.6 Å². The monoisotopic (exact) mass is 408 g/mol. The molecule has 0 aliphatic carbocycles. The molecule has 3 unspecified atom stereocenters. The molecule has 2 bridgehead atoms. The number of anilines is 1. The quantitative estimate of drug-likeness (QED) is 0.530. The van der Waals surface area contributed by atoms with Crippen LogP contribution in [-0.2, 0) is 9.59 Å². The average molecular weight is 408 g/mol. The Kier molecular flexibility index (Phi) is 3.76. The van der Waals surface area contributed by atoms with Crippen LogP contribution in [0.5, 0.6) is 0 Å². The summed E-state index contributed by atoms with van der Waals surface area (Å²) in [7, 11) is 0. The average Bonchev–Trinajstić information content (AvgIpc) is 3.35. The molecule has 8 nitrogen and oxygen atoms in total. The molecule has 2 N–H and O–H groups in total. The molecule has 0 aromatic heterocycles. The van der Waals surface area contributed by atoms with E-state index in [0.29, 0.717) is 17.9 Å². The van der Waals surface area contributed by atoms with Gasteiger partial charge in [0, 0.05) is 31.6 Å². The van der Waals surface area contributed by atoms with Crippen molar-refractivity contribution in [1.82, 2.24) is 15.5 Å². The van der Waals surface area contributed by atoms with E-state index in [1.54, 1.807) is 0 Å². The Labute approximate surface area is 162 Å². The van der Waals surface area contributed by atoms with E-state index in [-0.39, 0.29) is 31.5 Å². The highest BCUT2D eigenvalue weighted by Gasteiger charge is 2.50. The number of piperidine rings is 1. The van der Waals surface area contributed by atoms with Gasteiger partial charge in [0.2, 0.25) is 11.8 Å². The minimum atomic E-state index is -1.61. The van der Waals surface area contributed by atoms with Gasteiger partial charge in [-0.3, -0.25) is 29.4 Å². The first-order valence-corrected chi connectivity index (χ1v) is 9.21. The maximum absolute atomic E-state index is 15.3. The van der Waals surface area contributed by atoms with Crippen LogP contribution in [0, 0.1) is 17.5 Å². The van der Waals surface area contributed by atoms with Gasteiger partial charge in [0.15, 0.2) is 17.5 Å². The SMILES string of the molecule is O=C1CCC(N2C(=O)c3c(F)c(F)c(N4CC5CC4CN5)c(F)c3C2=O)C(=O)N1. The smallest absolute Gasteiger partial charge is 0.265 e. The van der Waals surface area contributed by atoms with Gasteiger partial charge < -0.3 is 10.2 Å². The fraction of sp³-hybridized carbons (Fsp3) is 0.444. The number of carbonyl (C=O) groups excluding carboxylic acids is 4. The van der Waals surface area contributed by atoms with Crippen molar-refractivity contribution in [3.63, 3.8) is 0 Å². The summed E-state index contributed by atoms with van der Waals surface area (Å²) in [6.07, 6.45) is 0.321. The van der Waals surface area contributed by atoms with Crippen molar-refractivity contribution in [3.8, 4) is 0 Å². The number of nitrogens with zero attached hydrogens (tertiary/aromatic N) is 2. The summed E-state index contributed by atoms with van der Waals surface area (Å²) in [4.78, 5) is 50.7. The number of amides is 4. The van der Waals surface area contributed by atoms with E-state index in [1.165, 1.54) is 4.90 Å². The van der Waals surface area contributed by atoms with Crippen LogP contribution in [0.2, 0.25) is 0 Å². The van der Waals surface area contributed by atoms with Crippen molar-refractivity contribution in [2.24, 2.45) is 0 Å². The molecule has 4 aliphatic rings. The first-order chi connectivity index (χ1) is 13.8. The number of imide groups is 2. The Balaban J connectivity index is 1.60. The van der Waals surface area contributed by atoms with Crippen LogP contribution in [0.4, 0.5) is 18.9 Å². The molecule has 3 fully saturated rings. The first-order valence-electron chi connectivity index (χ1n) is 9.21. The maximum atomic E-state index is 15.3. The number of hydrogen-bond donors (Lipinski definition) is 2. The van der Waals surface area contributed by atoms with Crippen LogP contribution < -0.4 is 15.5 Å². The Bertz CT molecular complexity index is 1010. The van der Waals surface area contributed by atoms with Gasteiger partial charge in [0.25, 0.3) is 11.8 Å². The van der Waals surface area contributed by atoms with E-state index in [9.17, 15) is 28.0 Å². The van der Waals surface area contributed by atoms with E-state index >= 15 is 4.39 Å². The third-order valence-corrected chi connectivity index (χ3v) is 6.03. The van der Waals surface area contributed by atoms with Gasteiger partial charge in [0.1, 0.15) is 11.7 Å². The highest BCUT2D eigenvalue weighted by molar-refractivity contribution is 6.24. The Morgan fingerprint density at radius 1 is 0.931 bits per heavy atom. The Hall–Kier alpha value is -2.95. The molecule has 0 radical (unpaired) electrons. The van der Waals surface area contributed by atoms with Crippen LogP contribution in [0.15, 0.2) is 0 Å². The number of rotatable bonds is 2. The van der Waals surface area contributed by atoms with Gasteiger partial charge in [-0.2, -0.15) is 0 Å². The summed E-state index contributed by atoms with van der Waals surface area (Å²) >= 11 is 0. The lowest BCUT2D eigenvalue weighted by Gasteiger charge is -2.30. The molecule has 152 valence electrons. The molecule has 1 aromatic rings. The zero-order chi connectivity index (χ0) is 20.6. The van der Waals surface area contributed by atoms with Crippen LogP contribution in [0.1, 0.15) is 40.0 Å². The van der Waals surface area contributed by atoms with Crippen LogP contribution in [0.25, 0.3) is 0 Å². The van der Waals surface area contributed by atoms with Gasteiger partial charge in [0.05, 0.1) is 11.1 Å². The van der Waals surface area contributed by atoms with Crippen molar-refractivity contribution >= 4 is 29.3 Å². The number of halogens is 3. The predicted octanol–water partition coefficient (Wildman–Crippen LogP) is 0.0556. The molecule has 4 amide bonds. The Morgan fingerprint density at radius 2 is 1.62 bits per heavy atom. The summed E-state index contributed by atoms with van der Waals surface area (Å²) in [5, 5.41) is 5.14. The van der Waals surface area contributed by atoms with Crippen LogP contribution in [-0.4, -0.2) is 59.7 Å². The van der Waals surface area contributed by atoms with E-state index in [4.69, 9.17) is 0 Å². The van der Waals surface area contributed by atoms with Crippen molar-refractivity contribution in [1.29, 1.82) is 0 Å². The number of benzene rings is 1. The van der Waals surface area contributed by atoms with Gasteiger partial charge in [-0.25, -0.2) is 13.2 Å². The third-order valence-electron chi connectivity index (χ3n) is 6.03. The molecule has 4 heterocycles. The maximum Gasteiger partial charge on any atom is 0.265 e. The molecular weight excluding hydrogens is 393 g/mol. The summed E-state index contributed by atoms with van der Waals surface area (Å²) < 4.78 is 44.9. The lowest BCUT2D eigenvalue weighted by atomic mass is 10.0. The highest BCUT2D eigenvalue weighted by atomic mass is 19.2. The molecule has 3 atom stereocenters. The fourth-order valence-electron chi connectivity index (χ4n) is 4.68. The molecular formula is C18H15F3N4O4. The molecule has 5 rings (SSSR count). The third kappa shape index (κ3) is 2.36. The molecule has 4 aliphatic heterocycles. The zero-order valence-electron chi connectivity index (χ0n) is 14.9. The summed E-state index contributed by atoms with van der Waals surface area (Å²) in [6.45, 7) is 0.716. The zero-order valence-corrected chi connectivity index (χ0v) is 14.9. The number of nitrogens with one attached hydrogen (secondary N) is 2. The lowest BCUT2D eigenvalue weighted by Crippen LogP contribution is -2.54. The topological polar surface area (TPSA) is 98.8 Å². The Morgan fingerprint density at radius 3 is 2.21 bits per heavy atom. The van der Waals surface area contributed by atoms with Gasteiger partial charge in [-0.1, -0.05) is 0 Å². The second-order valence-electron chi connectivity index (χ2n) is 7.63. The molecule has 1 aromatic carbocycles. The van der Waals surface area contributed by atoms with Crippen molar-refractivity contribution in [2.75, 3.05) is 18.0 Å². The minimum Gasteiger partial charge on any atom is -0.361 e. The summed E-state index contributed by atoms with van der Waals surface area (Å²) in [6, 6.07) is -1.63. The number of hydrogen-bond acceptors (Lipinski definition) is 6. The van der Waals surface area contributed by atoms with Gasteiger partial charge in [-0.15, -0.1) is 0 Å². The summed E-state index contributed by atoms with van der Waals surface area (Å²) in [5.41, 5.74) is -2.55. The first kappa shape index (κ1) is 18.1. The fourth-order valence-corrected chi connectivity index (χ4v) is 4.68. The normalized spacial score (nSPS) is 28.4. The molecule has 0 saturated carbocycles. The van der Waals surface area contributed by atoms with Crippen LogP contribution in [0.3, 0.4) is 0 Å². The van der Waals surface area contributed by atoms with Crippen molar-refractivity contribution < 1.29 is 32.3 Å². The number of piperazine rings is 1. The van der Waals surface area contributed by atoms with E-state index in [2.05, 4.69) is 5.32 Å². The highest BCUT2D eigenvalue weighted by Crippen LogP contribution is 2.40. The van der Waals surface area contributed by atoms with E-state index < -0.39 is 63.9 Å². The minimum absolute atomic E-state index is 0.00687.